The van der Waals surface area contributed by atoms with E-state index in [4.69, 9.17) is 0 Å². The van der Waals surface area contributed by atoms with E-state index >= 15 is 0 Å². The second-order valence-electron chi connectivity index (χ2n) is 5.65. The average Bonchev–Trinajstić information content (AvgIpc) is 2.95. The van der Waals surface area contributed by atoms with Crippen molar-refractivity contribution < 1.29 is 13.2 Å². The van der Waals surface area contributed by atoms with Crippen LogP contribution in [-0.2, 0) is 14.8 Å². The molecule has 3 rings (SSSR count). The third-order valence-electron chi connectivity index (χ3n) is 3.56. The molecule has 0 radical (unpaired) electrons. The van der Waals surface area contributed by atoms with Gasteiger partial charge in [0.25, 0.3) is 0 Å². The summed E-state index contributed by atoms with van der Waals surface area (Å²) < 4.78 is 27.3. The molecule has 25 heavy (non-hydrogen) atoms. The zero-order valence-corrected chi connectivity index (χ0v) is 14.8. The average molecular weight is 359 g/mol. The molecule has 0 saturated heterocycles. The van der Waals surface area contributed by atoms with Crippen LogP contribution in [0.2, 0.25) is 0 Å². The van der Waals surface area contributed by atoms with Crippen LogP contribution in [0.25, 0.3) is 16.8 Å². The number of hydrogen-bond acceptors (Lipinski definition) is 5. The highest BCUT2D eigenvalue weighted by Crippen LogP contribution is 2.24. The first-order chi connectivity index (χ1) is 11.8. The van der Waals surface area contributed by atoms with Crippen LogP contribution < -0.4 is 5.32 Å². The van der Waals surface area contributed by atoms with Crippen LogP contribution >= 0.6 is 0 Å². The first-order valence-corrected chi connectivity index (χ1v) is 8.88. The van der Waals surface area contributed by atoms with Gasteiger partial charge in [0.1, 0.15) is 0 Å². The van der Waals surface area contributed by atoms with Crippen LogP contribution in [0.3, 0.4) is 0 Å². The van der Waals surface area contributed by atoms with Crippen LogP contribution in [0.4, 0.5) is 5.95 Å². The van der Waals surface area contributed by atoms with Crippen LogP contribution in [0.5, 0.6) is 0 Å². The molecule has 1 aromatic carbocycles. The summed E-state index contributed by atoms with van der Waals surface area (Å²) in [5.41, 5.74) is 2.09. The lowest BCUT2D eigenvalue weighted by atomic mass is 10.1. The summed E-state index contributed by atoms with van der Waals surface area (Å²) in [6, 6.07) is 10.3. The number of amides is 1. The number of carbonyl (C=O) groups is 1. The molecular formula is C16H17N5O3S. The Bertz CT molecular complexity index is 1060. The molecule has 0 unspecified atom stereocenters. The zero-order valence-electron chi connectivity index (χ0n) is 14.0. The van der Waals surface area contributed by atoms with Gasteiger partial charge < -0.3 is 0 Å². The van der Waals surface area contributed by atoms with Gasteiger partial charge in [-0.2, -0.15) is 4.98 Å². The maximum absolute atomic E-state index is 12.3. The van der Waals surface area contributed by atoms with Crippen molar-refractivity contribution in [3.05, 3.63) is 42.6 Å². The molecular weight excluding hydrogens is 342 g/mol. The maximum atomic E-state index is 12.3. The molecule has 0 spiro atoms. The van der Waals surface area contributed by atoms with Gasteiger partial charge in [0.05, 0.1) is 4.90 Å². The molecule has 0 fully saturated rings. The summed E-state index contributed by atoms with van der Waals surface area (Å²) in [6.45, 7) is 1.38. The smallest absolute Gasteiger partial charge is 0.249 e. The maximum Gasteiger partial charge on any atom is 0.249 e. The second-order valence-corrected chi connectivity index (χ2v) is 7.80. The molecule has 0 saturated carbocycles. The third-order valence-corrected chi connectivity index (χ3v) is 5.38. The van der Waals surface area contributed by atoms with Crippen molar-refractivity contribution in [2.75, 3.05) is 19.4 Å². The predicted molar refractivity (Wildman–Crippen MR) is 93.6 cm³/mol. The molecule has 2 aromatic heterocycles. The Kier molecular flexibility index (Phi) is 4.27. The summed E-state index contributed by atoms with van der Waals surface area (Å²) in [5.74, 6) is -0.0358. The van der Waals surface area contributed by atoms with Gasteiger partial charge in [-0.3, -0.25) is 10.1 Å². The number of sulfonamides is 1. The number of nitrogens with one attached hydrogen (secondary N) is 1. The highest BCUT2D eigenvalue weighted by molar-refractivity contribution is 7.89. The summed E-state index contributed by atoms with van der Waals surface area (Å²) in [5, 5.41) is 6.71. The monoisotopic (exact) mass is 359 g/mol. The Balaban J connectivity index is 2.03. The van der Waals surface area contributed by atoms with E-state index < -0.39 is 10.0 Å². The Labute approximate surface area is 145 Å². The molecule has 2 heterocycles. The van der Waals surface area contributed by atoms with E-state index in [1.54, 1.807) is 30.5 Å². The van der Waals surface area contributed by atoms with Gasteiger partial charge in [-0.15, -0.1) is 5.10 Å². The van der Waals surface area contributed by atoms with Gasteiger partial charge in [-0.25, -0.2) is 17.2 Å². The molecule has 1 amide bonds. The summed E-state index contributed by atoms with van der Waals surface area (Å²) in [7, 11) is -0.522. The summed E-state index contributed by atoms with van der Waals surface area (Å²) in [6.07, 6.45) is 1.73. The summed E-state index contributed by atoms with van der Waals surface area (Å²) in [4.78, 5) is 15.5. The highest BCUT2D eigenvalue weighted by atomic mass is 32.2. The first-order valence-electron chi connectivity index (χ1n) is 7.44. The molecule has 0 bridgehead atoms. The number of anilines is 1. The van der Waals surface area contributed by atoms with Crippen LogP contribution in [-0.4, -0.2) is 47.3 Å². The molecule has 1 N–H and O–H groups in total. The van der Waals surface area contributed by atoms with Crippen LogP contribution in [0.1, 0.15) is 6.92 Å². The number of fused-ring (bicyclic) bond motifs is 1. The second kappa shape index (κ2) is 6.26. The molecule has 0 aliphatic carbocycles. The van der Waals surface area contributed by atoms with Crippen molar-refractivity contribution in [1.29, 1.82) is 0 Å². The van der Waals surface area contributed by atoms with Crippen molar-refractivity contribution in [3.63, 3.8) is 0 Å². The molecule has 3 aromatic rings. The Morgan fingerprint density at radius 3 is 2.60 bits per heavy atom. The van der Waals surface area contributed by atoms with Gasteiger partial charge >= 0.3 is 0 Å². The summed E-state index contributed by atoms with van der Waals surface area (Å²) >= 11 is 0. The highest BCUT2D eigenvalue weighted by Gasteiger charge is 2.17. The lowest BCUT2D eigenvalue weighted by Gasteiger charge is -2.12. The third kappa shape index (κ3) is 3.37. The molecule has 0 atom stereocenters. The number of carbonyl (C=O) groups excluding carboxylic acids is 1. The molecule has 0 aliphatic rings. The van der Waals surface area contributed by atoms with Crippen molar-refractivity contribution >= 4 is 27.5 Å². The predicted octanol–water partition coefficient (Wildman–Crippen LogP) is 1.60. The van der Waals surface area contributed by atoms with Crippen LogP contribution in [0.15, 0.2) is 47.5 Å². The van der Waals surface area contributed by atoms with Gasteiger partial charge in [0.15, 0.2) is 5.65 Å². The number of rotatable bonds is 4. The Morgan fingerprint density at radius 2 is 1.92 bits per heavy atom. The molecule has 130 valence electrons. The minimum Gasteiger partial charge on any atom is -0.293 e. The van der Waals surface area contributed by atoms with Gasteiger partial charge in [-0.1, -0.05) is 12.1 Å². The fourth-order valence-corrected chi connectivity index (χ4v) is 3.26. The van der Waals surface area contributed by atoms with E-state index in [0.717, 1.165) is 11.1 Å². The SMILES string of the molecule is CC(=O)Nc1nc2ccc(-c3cccc(S(=O)(=O)N(C)C)c3)cn2n1. The van der Waals surface area contributed by atoms with Crippen molar-refractivity contribution in [2.24, 2.45) is 0 Å². The number of nitrogens with zero attached hydrogens (tertiary/aromatic N) is 4. The fourth-order valence-electron chi connectivity index (χ4n) is 2.31. The van der Waals surface area contributed by atoms with E-state index in [0.29, 0.717) is 5.65 Å². The minimum absolute atomic E-state index is 0.215. The topological polar surface area (TPSA) is 96.7 Å². The number of benzene rings is 1. The minimum atomic E-state index is -3.51. The van der Waals surface area contributed by atoms with E-state index in [-0.39, 0.29) is 16.8 Å². The number of aromatic nitrogens is 3. The first kappa shape index (κ1) is 17.1. The van der Waals surface area contributed by atoms with Crippen molar-refractivity contribution in [3.8, 4) is 11.1 Å². The lowest BCUT2D eigenvalue weighted by molar-refractivity contribution is -0.114. The van der Waals surface area contributed by atoms with E-state index in [1.807, 2.05) is 12.1 Å². The molecule has 8 nitrogen and oxygen atoms in total. The van der Waals surface area contributed by atoms with Gasteiger partial charge in [0.2, 0.25) is 21.9 Å². The number of hydrogen-bond donors (Lipinski definition) is 1. The van der Waals surface area contributed by atoms with Crippen molar-refractivity contribution in [1.82, 2.24) is 18.9 Å². The standard InChI is InChI=1S/C16H17N5O3S/c1-11(22)17-16-18-15-8-7-13(10-21(15)19-16)12-5-4-6-14(9-12)25(23,24)20(2)3/h4-10H,1-3H3,(H,17,19,22). The fraction of sp³-hybridized carbons (Fsp3) is 0.188. The van der Waals surface area contributed by atoms with E-state index in [1.165, 1.54) is 29.8 Å². The van der Waals surface area contributed by atoms with Gasteiger partial charge in [0, 0.05) is 32.8 Å². The van der Waals surface area contributed by atoms with E-state index in [9.17, 15) is 13.2 Å². The number of pyridine rings is 1. The quantitative estimate of drug-likeness (QED) is 0.763. The molecule has 9 heteroatoms. The Morgan fingerprint density at radius 1 is 1.16 bits per heavy atom. The van der Waals surface area contributed by atoms with Gasteiger partial charge in [-0.05, 0) is 29.8 Å². The normalized spacial score (nSPS) is 11.8. The lowest BCUT2D eigenvalue weighted by Crippen LogP contribution is -2.22. The van der Waals surface area contributed by atoms with Crippen molar-refractivity contribution in [2.45, 2.75) is 11.8 Å². The largest absolute Gasteiger partial charge is 0.293 e. The molecule has 0 aliphatic heterocycles. The van der Waals surface area contributed by atoms with E-state index in [2.05, 4.69) is 15.4 Å². The Hall–Kier alpha value is -2.78. The van der Waals surface area contributed by atoms with Crippen LogP contribution in [0, 0.1) is 0 Å². The zero-order chi connectivity index (χ0) is 18.2.